The van der Waals surface area contributed by atoms with E-state index in [4.69, 9.17) is 4.74 Å². The van der Waals surface area contributed by atoms with Crippen LogP contribution in [-0.4, -0.2) is 49.3 Å². The number of hydrogen-bond acceptors (Lipinski definition) is 3. The van der Waals surface area contributed by atoms with Crippen LogP contribution in [0.5, 0.6) is 0 Å². The van der Waals surface area contributed by atoms with E-state index in [9.17, 15) is 9.90 Å². The molecule has 4 heteroatoms. The Hall–Kier alpha value is -0.610. The summed E-state index contributed by atoms with van der Waals surface area (Å²) in [5.41, 5.74) is 0.163. The van der Waals surface area contributed by atoms with Crippen molar-refractivity contribution in [2.75, 3.05) is 27.3 Å². The van der Waals surface area contributed by atoms with Crippen LogP contribution < -0.4 is 0 Å². The number of aliphatic hydroxyl groups is 1. The van der Waals surface area contributed by atoms with Crippen LogP contribution in [0.25, 0.3) is 0 Å². The first-order valence-corrected chi connectivity index (χ1v) is 6.88. The summed E-state index contributed by atoms with van der Waals surface area (Å²) in [6.45, 7) is 2.83. The molecule has 0 heterocycles. The zero-order valence-electron chi connectivity index (χ0n) is 11.9. The molecule has 1 saturated carbocycles. The summed E-state index contributed by atoms with van der Waals surface area (Å²) in [4.78, 5) is 13.8. The maximum absolute atomic E-state index is 12.1. The number of hydrogen-bond donors (Lipinski definition) is 1. The van der Waals surface area contributed by atoms with Crippen molar-refractivity contribution in [1.82, 2.24) is 4.90 Å². The molecule has 0 radical (unpaired) electrons. The highest BCUT2D eigenvalue weighted by molar-refractivity contribution is 5.76. The number of ether oxygens (including phenoxy) is 1. The minimum atomic E-state index is -0.594. The van der Waals surface area contributed by atoms with Gasteiger partial charge in [0.05, 0.1) is 12.7 Å². The maximum atomic E-state index is 12.1. The van der Waals surface area contributed by atoms with Crippen LogP contribution >= 0.6 is 0 Å². The Kier molecular flexibility index (Phi) is 6.09. The van der Waals surface area contributed by atoms with Gasteiger partial charge in [-0.05, 0) is 18.3 Å². The van der Waals surface area contributed by atoms with E-state index in [1.54, 1.807) is 19.1 Å². The molecule has 0 aromatic heterocycles. The number of aliphatic hydroxyl groups excluding tert-OH is 1. The van der Waals surface area contributed by atoms with Crippen molar-refractivity contribution >= 4 is 5.91 Å². The largest absolute Gasteiger partial charge is 0.389 e. The number of amides is 1. The highest BCUT2D eigenvalue weighted by atomic mass is 16.5. The van der Waals surface area contributed by atoms with E-state index >= 15 is 0 Å². The lowest BCUT2D eigenvalue weighted by molar-refractivity contribution is -0.134. The number of methoxy groups -OCH3 is 1. The summed E-state index contributed by atoms with van der Waals surface area (Å²) < 4.78 is 4.87. The lowest BCUT2D eigenvalue weighted by Crippen LogP contribution is -2.38. The van der Waals surface area contributed by atoms with E-state index in [2.05, 4.69) is 6.92 Å². The number of carbonyl (C=O) groups excluding carboxylic acids is 1. The zero-order chi connectivity index (χ0) is 13.6. The van der Waals surface area contributed by atoms with Gasteiger partial charge in [0.1, 0.15) is 0 Å². The molecule has 0 aromatic rings. The fourth-order valence-electron chi connectivity index (χ4n) is 2.75. The minimum absolute atomic E-state index is 0.134. The van der Waals surface area contributed by atoms with Crippen molar-refractivity contribution in [3.63, 3.8) is 0 Å². The van der Waals surface area contributed by atoms with Crippen LogP contribution in [0, 0.1) is 5.41 Å². The molecular weight excluding hydrogens is 230 g/mol. The average molecular weight is 257 g/mol. The summed E-state index contributed by atoms with van der Waals surface area (Å²) in [6, 6.07) is 0. The predicted molar refractivity (Wildman–Crippen MR) is 71.3 cm³/mol. The maximum Gasteiger partial charge on any atom is 0.222 e. The van der Waals surface area contributed by atoms with Crippen LogP contribution in [0.15, 0.2) is 0 Å². The Bertz CT molecular complexity index is 262. The molecule has 1 aliphatic carbocycles. The second-order valence-corrected chi connectivity index (χ2v) is 5.93. The van der Waals surface area contributed by atoms with Crippen molar-refractivity contribution in [3.8, 4) is 0 Å². The molecule has 1 amide bonds. The molecule has 0 saturated heterocycles. The van der Waals surface area contributed by atoms with Crippen LogP contribution in [-0.2, 0) is 9.53 Å². The monoisotopic (exact) mass is 257 g/mol. The third kappa shape index (κ3) is 4.94. The molecule has 1 N–H and O–H groups in total. The molecular formula is C14H27NO3. The van der Waals surface area contributed by atoms with Gasteiger partial charge in [-0.15, -0.1) is 0 Å². The Morgan fingerprint density at radius 2 is 2.00 bits per heavy atom. The molecule has 0 aromatic carbocycles. The number of likely N-dealkylation sites (N-methyl/N-ethyl adjacent to an activating group) is 1. The molecule has 4 nitrogen and oxygen atoms in total. The zero-order valence-corrected chi connectivity index (χ0v) is 11.9. The van der Waals surface area contributed by atoms with E-state index in [-0.39, 0.29) is 17.9 Å². The third-order valence-corrected chi connectivity index (χ3v) is 3.91. The number of nitrogens with zero attached hydrogens (tertiary/aromatic N) is 1. The molecule has 0 bridgehead atoms. The fourth-order valence-corrected chi connectivity index (χ4v) is 2.75. The second-order valence-electron chi connectivity index (χ2n) is 5.93. The molecule has 1 atom stereocenters. The standard InChI is InChI=1S/C14H27NO3/c1-14(7-5-4-6-8-14)9-13(17)15(2)10-12(16)11-18-3/h12,16H,4-11H2,1-3H3. The molecule has 1 rings (SSSR count). The van der Waals surface area contributed by atoms with Gasteiger partial charge in [0.15, 0.2) is 0 Å². The lowest BCUT2D eigenvalue weighted by Gasteiger charge is -2.34. The van der Waals surface area contributed by atoms with Crippen LogP contribution in [0.4, 0.5) is 0 Å². The summed E-state index contributed by atoms with van der Waals surface area (Å²) in [6.07, 6.45) is 6.07. The van der Waals surface area contributed by atoms with E-state index in [1.807, 2.05) is 0 Å². The van der Waals surface area contributed by atoms with Crippen molar-refractivity contribution in [2.45, 2.75) is 51.6 Å². The average Bonchev–Trinajstić information content (AvgIpc) is 2.29. The van der Waals surface area contributed by atoms with Gasteiger partial charge in [-0.3, -0.25) is 4.79 Å². The molecule has 106 valence electrons. The lowest BCUT2D eigenvalue weighted by atomic mass is 9.73. The van der Waals surface area contributed by atoms with Crippen molar-refractivity contribution in [1.29, 1.82) is 0 Å². The number of rotatable bonds is 6. The molecule has 0 aliphatic heterocycles. The topological polar surface area (TPSA) is 49.8 Å². The van der Waals surface area contributed by atoms with E-state index in [0.29, 0.717) is 13.0 Å². The highest BCUT2D eigenvalue weighted by Crippen LogP contribution is 2.38. The minimum Gasteiger partial charge on any atom is -0.389 e. The second kappa shape index (κ2) is 7.10. The Morgan fingerprint density at radius 3 is 2.56 bits per heavy atom. The Labute approximate surface area is 110 Å². The van der Waals surface area contributed by atoms with Crippen molar-refractivity contribution < 1.29 is 14.6 Å². The van der Waals surface area contributed by atoms with Gasteiger partial charge in [-0.1, -0.05) is 26.2 Å². The molecule has 1 fully saturated rings. The summed E-state index contributed by atoms with van der Waals surface area (Å²) in [7, 11) is 3.31. The van der Waals surface area contributed by atoms with Crippen LogP contribution in [0.3, 0.4) is 0 Å². The number of carbonyl (C=O) groups is 1. The normalized spacial score (nSPS) is 20.4. The van der Waals surface area contributed by atoms with E-state index in [0.717, 1.165) is 12.8 Å². The van der Waals surface area contributed by atoms with Gasteiger partial charge in [0, 0.05) is 27.1 Å². The summed E-state index contributed by atoms with van der Waals surface area (Å²) in [5, 5.41) is 9.62. The summed E-state index contributed by atoms with van der Waals surface area (Å²) >= 11 is 0. The van der Waals surface area contributed by atoms with Gasteiger partial charge in [-0.2, -0.15) is 0 Å². The Balaban J connectivity index is 2.38. The molecule has 1 unspecified atom stereocenters. The van der Waals surface area contributed by atoms with Crippen molar-refractivity contribution in [2.24, 2.45) is 5.41 Å². The van der Waals surface area contributed by atoms with E-state index in [1.165, 1.54) is 19.3 Å². The predicted octanol–water partition coefficient (Wildman–Crippen LogP) is 1.81. The van der Waals surface area contributed by atoms with Gasteiger partial charge in [0.2, 0.25) is 5.91 Å². The van der Waals surface area contributed by atoms with Gasteiger partial charge in [-0.25, -0.2) is 0 Å². The molecule has 18 heavy (non-hydrogen) atoms. The van der Waals surface area contributed by atoms with Gasteiger partial charge >= 0.3 is 0 Å². The highest BCUT2D eigenvalue weighted by Gasteiger charge is 2.30. The third-order valence-electron chi connectivity index (χ3n) is 3.91. The first kappa shape index (κ1) is 15.4. The summed E-state index contributed by atoms with van der Waals surface area (Å²) in [5.74, 6) is 0.134. The first-order chi connectivity index (χ1) is 8.47. The van der Waals surface area contributed by atoms with Crippen molar-refractivity contribution in [3.05, 3.63) is 0 Å². The Morgan fingerprint density at radius 1 is 1.39 bits per heavy atom. The van der Waals surface area contributed by atoms with E-state index < -0.39 is 6.10 Å². The smallest absolute Gasteiger partial charge is 0.222 e. The fraction of sp³-hybridized carbons (Fsp3) is 0.929. The van der Waals surface area contributed by atoms with Crippen LogP contribution in [0.1, 0.15) is 45.4 Å². The quantitative estimate of drug-likeness (QED) is 0.789. The molecule has 0 spiro atoms. The first-order valence-electron chi connectivity index (χ1n) is 6.88. The molecule has 1 aliphatic rings. The van der Waals surface area contributed by atoms with Gasteiger partial charge < -0.3 is 14.7 Å². The SMILES string of the molecule is COCC(O)CN(C)C(=O)CC1(C)CCCCC1. The van der Waals surface area contributed by atoms with Crippen LogP contribution in [0.2, 0.25) is 0 Å². The van der Waals surface area contributed by atoms with Gasteiger partial charge in [0.25, 0.3) is 0 Å².